The summed E-state index contributed by atoms with van der Waals surface area (Å²) in [6, 6.07) is 0. The Bertz CT molecular complexity index is 328. The highest BCUT2D eigenvalue weighted by atomic mass is 80.0. The summed E-state index contributed by atoms with van der Waals surface area (Å²) in [5, 5.41) is 8.99. The van der Waals surface area contributed by atoms with Gasteiger partial charge in [0.1, 0.15) is 17.9 Å². The second-order valence-corrected chi connectivity index (χ2v) is 24.7. The molecule has 1 unspecified atom stereocenters. The van der Waals surface area contributed by atoms with Crippen LogP contribution in [-0.4, -0.2) is 25.2 Å². The Morgan fingerprint density at radius 1 is 0.579 bits per heavy atom. The monoisotopic (exact) mass is 1040 g/mol. The molecule has 1 nitrogen and oxygen atoms in total. The lowest BCUT2D eigenvalue weighted by atomic mass is 10.2. The number of aliphatic hydroxyl groups excluding tert-OH is 1. The molecule has 0 aromatic rings. The van der Waals surface area contributed by atoms with Gasteiger partial charge in [-0.2, -0.15) is 0 Å². The highest BCUT2D eigenvalue weighted by Crippen LogP contribution is 2.72. The molecule has 19 heavy (non-hydrogen) atoms. The molecule has 0 amide bonds. The van der Waals surface area contributed by atoms with Gasteiger partial charge in [-0.1, -0.05) is 191 Å². The summed E-state index contributed by atoms with van der Waals surface area (Å²) in [6.07, 6.45) is 0. The number of halogens is 12. The van der Waals surface area contributed by atoms with Gasteiger partial charge in [0.15, 0.2) is 2.14 Å². The summed E-state index contributed by atoms with van der Waals surface area (Å²) >= 11 is 42.0. The fraction of sp³-hybridized carbons (Fsp3) is 1.00. The van der Waals surface area contributed by atoms with Crippen LogP contribution >= 0.6 is 191 Å². The molecular weight excluding hydrogens is 1050 g/mol. The Balaban J connectivity index is 5.92. The third kappa shape index (κ3) is 4.91. The van der Waals surface area contributed by atoms with Gasteiger partial charge < -0.3 is 5.11 Å². The zero-order valence-electron chi connectivity index (χ0n) is 8.06. The molecule has 116 valence electrons. The first-order chi connectivity index (χ1) is 7.94. The third-order valence-corrected chi connectivity index (χ3v) is 24.4. The maximum atomic E-state index is 9.90. The van der Waals surface area contributed by atoms with Gasteiger partial charge in [0.25, 0.3) is 0 Å². The van der Waals surface area contributed by atoms with E-state index in [0.29, 0.717) is 0 Å². The quantitative estimate of drug-likeness (QED) is 0.281. The van der Waals surface area contributed by atoms with E-state index in [4.69, 9.17) is 0 Å². The van der Waals surface area contributed by atoms with Crippen LogP contribution in [0.3, 0.4) is 0 Å². The lowest BCUT2D eigenvalue weighted by molar-refractivity contribution is 0.254. The van der Waals surface area contributed by atoms with E-state index in [2.05, 4.69) is 191 Å². The third-order valence-electron chi connectivity index (χ3n) is 1.86. The van der Waals surface area contributed by atoms with Gasteiger partial charge in [-0.15, -0.1) is 0 Å². The molecule has 13 heteroatoms. The first-order valence-corrected chi connectivity index (χ1v) is 13.5. The fourth-order valence-corrected chi connectivity index (χ4v) is 9.75. The van der Waals surface area contributed by atoms with Crippen LogP contribution in [0.4, 0.5) is 0 Å². The molecule has 0 radical (unpaired) electrons. The Kier molecular flexibility index (Phi) is 10.6. The predicted molar refractivity (Wildman–Crippen MR) is 127 cm³/mol. The number of aliphatic hydroxyl groups is 1. The van der Waals surface area contributed by atoms with Crippen LogP contribution in [-0.2, 0) is 0 Å². The average molecular weight is 1050 g/mol. The van der Waals surface area contributed by atoms with Gasteiger partial charge >= 0.3 is 0 Å². The van der Waals surface area contributed by atoms with E-state index in [-0.39, 0.29) is 0 Å². The van der Waals surface area contributed by atoms with Gasteiger partial charge in [-0.25, -0.2) is 0 Å². The number of alkyl halides is 12. The smallest absolute Gasteiger partial charge is 0.162 e. The van der Waals surface area contributed by atoms with Crippen molar-refractivity contribution in [3.8, 4) is 0 Å². The molecule has 1 atom stereocenters. The van der Waals surface area contributed by atoms with Crippen molar-refractivity contribution < 1.29 is 5.11 Å². The summed E-state index contributed by atoms with van der Waals surface area (Å²) in [7, 11) is 0. The Labute approximate surface area is 212 Å². The molecule has 0 spiro atoms. The van der Waals surface area contributed by atoms with Crippen molar-refractivity contribution in [1.82, 2.24) is 0 Å². The minimum Gasteiger partial charge on any atom is -0.379 e. The average Bonchev–Trinajstić information content (AvgIpc) is 2.14. The molecule has 0 aromatic carbocycles. The van der Waals surface area contributed by atoms with Crippen molar-refractivity contribution in [2.75, 3.05) is 0 Å². The largest absolute Gasteiger partial charge is 0.379 e. The standard InChI is InChI=1S/C6H2Br12O/c7-1(19)2(8,9)3(10,11)4(12,13)5(14,15)6(16,17)18/h1,19H. The van der Waals surface area contributed by atoms with E-state index in [1.165, 1.54) is 0 Å². The molecule has 1 N–H and O–H groups in total. The van der Waals surface area contributed by atoms with Crippen molar-refractivity contribution in [2.45, 2.75) is 20.1 Å². The topological polar surface area (TPSA) is 20.2 Å². The van der Waals surface area contributed by atoms with Crippen LogP contribution in [0, 0.1) is 0 Å². The summed E-state index contributed by atoms with van der Waals surface area (Å²) in [4.78, 5) is 0. The summed E-state index contributed by atoms with van der Waals surface area (Å²) < 4.78 is -4.35. The first kappa shape index (κ1) is 24.7. The van der Waals surface area contributed by atoms with Crippen molar-refractivity contribution >= 4 is 191 Å². The molecule has 0 aliphatic heterocycles. The molecule has 0 rings (SSSR count). The van der Waals surface area contributed by atoms with Gasteiger partial charge in [0.05, 0.1) is 0 Å². The van der Waals surface area contributed by atoms with Crippen LogP contribution in [0.5, 0.6) is 0 Å². The van der Waals surface area contributed by atoms with Crippen molar-refractivity contribution in [3.05, 3.63) is 0 Å². The zero-order valence-corrected chi connectivity index (χ0v) is 27.1. The first-order valence-electron chi connectivity index (χ1n) is 3.84. The van der Waals surface area contributed by atoms with E-state index < -0.39 is 20.1 Å². The summed E-state index contributed by atoms with van der Waals surface area (Å²) in [5.74, 6) is 0. The minimum atomic E-state index is -0.981. The van der Waals surface area contributed by atoms with Crippen molar-refractivity contribution in [1.29, 1.82) is 0 Å². The number of hydrogen-bond acceptors (Lipinski definition) is 1. The highest BCUT2D eigenvalue weighted by Gasteiger charge is 2.70. The molecule has 0 aromatic heterocycles. The molecule has 0 aliphatic carbocycles. The van der Waals surface area contributed by atoms with Crippen LogP contribution in [0.15, 0.2) is 0 Å². The second-order valence-electron chi connectivity index (χ2n) is 3.18. The van der Waals surface area contributed by atoms with Crippen LogP contribution in [0.2, 0.25) is 0 Å². The van der Waals surface area contributed by atoms with E-state index in [0.717, 1.165) is 0 Å². The predicted octanol–water partition coefficient (Wildman–Crippen LogP) is 8.48. The maximum Gasteiger partial charge on any atom is 0.162 e. The van der Waals surface area contributed by atoms with E-state index in [9.17, 15) is 5.11 Å². The maximum absolute atomic E-state index is 9.90. The zero-order chi connectivity index (χ0) is 16.1. The number of rotatable bonds is 4. The van der Waals surface area contributed by atoms with Gasteiger partial charge in [0.2, 0.25) is 0 Å². The van der Waals surface area contributed by atoms with E-state index in [1.807, 2.05) is 0 Å². The molecule has 0 bridgehead atoms. The van der Waals surface area contributed by atoms with Crippen LogP contribution in [0.25, 0.3) is 0 Å². The van der Waals surface area contributed by atoms with Crippen LogP contribution in [0.1, 0.15) is 0 Å². The summed E-state index contributed by atoms with van der Waals surface area (Å²) in [5.41, 5.74) is 0. The molecule has 0 heterocycles. The van der Waals surface area contributed by atoms with Crippen molar-refractivity contribution in [3.63, 3.8) is 0 Å². The van der Waals surface area contributed by atoms with Crippen molar-refractivity contribution in [2.24, 2.45) is 0 Å². The number of hydrogen-bond donors (Lipinski definition) is 1. The second kappa shape index (κ2) is 8.17. The van der Waals surface area contributed by atoms with E-state index in [1.54, 1.807) is 0 Å². The Hall–Kier alpha value is 5.72. The molecule has 0 fully saturated rings. The fourth-order valence-electron chi connectivity index (χ4n) is 0.734. The Morgan fingerprint density at radius 3 is 1.11 bits per heavy atom. The molecule has 0 saturated heterocycles. The van der Waals surface area contributed by atoms with Gasteiger partial charge in [-0.3, -0.25) is 0 Å². The molecule has 0 saturated carbocycles. The normalized spacial score (nSPS) is 17.5. The molecular formula is C6H2Br12O. The summed E-state index contributed by atoms with van der Waals surface area (Å²) in [6.45, 7) is 0. The Morgan fingerprint density at radius 2 is 0.895 bits per heavy atom. The molecule has 0 aliphatic rings. The van der Waals surface area contributed by atoms with Gasteiger partial charge in [0, 0.05) is 0 Å². The highest BCUT2D eigenvalue weighted by molar-refractivity contribution is 9.42. The lowest BCUT2D eigenvalue weighted by Gasteiger charge is -2.51. The lowest BCUT2D eigenvalue weighted by Crippen LogP contribution is -2.61. The van der Waals surface area contributed by atoms with Crippen LogP contribution < -0.4 is 0 Å². The van der Waals surface area contributed by atoms with Gasteiger partial charge in [-0.05, 0) is 0 Å². The minimum absolute atomic E-state index is 0.729. The van der Waals surface area contributed by atoms with E-state index >= 15 is 0 Å². The SMILES string of the molecule is OC(Br)C(Br)(Br)C(Br)(Br)C(Br)(Br)C(Br)(Br)C(Br)(Br)Br.